The van der Waals surface area contributed by atoms with E-state index in [1.165, 1.54) is 10.4 Å². The number of thiophene rings is 1. The Labute approximate surface area is 127 Å². The van der Waals surface area contributed by atoms with Crippen LogP contribution >= 0.6 is 49.9 Å². The van der Waals surface area contributed by atoms with Gasteiger partial charge in [0.25, 0.3) is 0 Å². The third-order valence-electron chi connectivity index (χ3n) is 2.60. The number of rotatable bonds is 3. The molecule has 1 aromatic heterocycles. The van der Waals surface area contributed by atoms with Gasteiger partial charge in [-0.2, -0.15) is 0 Å². The fraction of sp³-hybridized carbons (Fsp3) is 0.231. The minimum Gasteiger partial charge on any atom is -0.388 e. The van der Waals surface area contributed by atoms with E-state index in [0.717, 1.165) is 12.9 Å². The molecule has 17 heavy (non-hydrogen) atoms. The number of aliphatic hydroxyl groups is 1. The van der Waals surface area contributed by atoms with E-state index in [0.29, 0.717) is 6.42 Å². The minimum absolute atomic E-state index is 0.424. The zero-order valence-electron chi connectivity index (χ0n) is 9.28. The summed E-state index contributed by atoms with van der Waals surface area (Å²) in [6.07, 6.45) is 0.253. The van der Waals surface area contributed by atoms with E-state index in [4.69, 9.17) is 0 Å². The van der Waals surface area contributed by atoms with Crippen molar-refractivity contribution in [1.82, 2.24) is 0 Å². The highest BCUT2D eigenvalue weighted by Crippen LogP contribution is 2.29. The molecule has 0 aliphatic heterocycles. The van der Waals surface area contributed by atoms with Gasteiger partial charge >= 0.3 is 0 Å². The molecule has 1 atom stereocenters. The molecule has 2 aromatic rings. The van der Waals surface area contributed by atoms with Crippen molar-refractivity contribution in [3.05, 3.63) is 53.7 Å². The van der Waals surface area contributed by atoms with Crippen molar-refractivity contribution in [2.45, 2.75) is 19.4 Å². The summed E-state index contributed by atoms with van der Waals surface area (Å²) >= 11 is 7.42. The maximum atomic E-state index is 10.3. The van der Waals surface area contributed by atoms with Crippen molar-refractivity contribution in [2.75, 3.05) is 0 Å². The fourth-order valence-corrected chi connectivity index (χ4v) is 3.93. The molecule has 0 saturated heterocycles. The molecule has 0 bridgehead atoms. The smallest absolute Gasteiger partial charge is 0.0848 e. The van der Waals surface area contributed by atoms with Crippen LogP contribution in [0.3, 0.4) is 0 Å². The Bertz CT molecular complexity index is 524. The van der Waals surface area contributed by atoms with Crippen LogP contribution in [-0.4, -0.2) is 5.11 Å². The van der Waals surface area contributed by atoms with E-state index in [-0.39, 0.29) is 0 Å². The fourth-order valence-electron chi connectivity index (χ4n) is 1.69. The highest BCUT2D eigenvalue weighted by molar-refractivity contribution is 14.1. The number of hydrogen-bond donors (Lipinski definition) is 1. The van der Waals surface area contributed by atoms with Crippen LogP contribution in [0, 0.1) is 10.5 Å². The predicted octanol–water partition coefficient (Wildman–Crippen LogP) is 4.70. The third kappa shape index (κ3) is 3.30. The van der Waals surface area contributed by atoms with E-state index in [1.54, 1.807) is 11.3 Å². The second-order valence-electron chi connectivity index (χ2n) is 3.90. The van der Waals surface area contributed by atoms with Crippen molar-refractivity contribution < 1.29 is 5.11 Å². The van der Waals surface area contributed by atoms with Crippen molar-refractivity contribution in [3.8, 4) is 0 Å². The maximum Gasteiger partial charge on any atom is 0.0848 e. The summed E-state index contributed by atoms with van der Waals surface area (Å²) in [5, 5.41) is 10.3. The van der Waals surface area contributed by atoms with E-state index < -0.39 is 6.10 Å². The Morgan fingerprint density at radius 1 is 1.35 bits per heavy atom. The molecule has 0 amide bonds. The SMILES string of the molecule is Cc1cccc(C(O)Cc2ccc(Br)s2)c1I. The molecule has 1 aromatic carbocycles. The molecular weight excluding hydrogens is 411 g/mol. The van der Waals surface area contributed by atoms with Gasteiger partial charge in [0.2, 0.25) is 0 Å². The molecule has 1 nitrogen and oxygen atoms in total. The first-order valence-corrected chi connectivity index (χ1v) is 7.94. The average molecular weight is 423 g/mol. The number of halogens is 2. The van der Waals surface area contributed by atoms with Crippen LogP contribution in [0.15, 0.2) is 34.1 Å². The molecule has 4 heteroatoms. The standard InChI is InChI=1S/C13H12BrIOS/c1-8-3-2-4-10(13(8)15)11(16)7-9-5-6-12(14)17-9/h2-6,11,16H,7H2,1H3. The monoisotopic (exact) mass is 422 g/mol. The summed E-state index contributed by atoms with van der Waals surface area (Å²) < 4.78 is 2.27. The summed E-state index contributed by atoms with van der Waals surface area (Å²) in [7, 11) is 0. The van der Waals surface area contributed by atoms with E-state index in [1.807, 2.05) is 18.2 Å². The van der Waals surface area contributed by atoms with Gasteiger partial charge in [0, 0.05) is 14.9 Å². The molecule has 1 N–H and O–H groups in total. The van der Waals surface area contributed by atoms with Crippen LogP contribution in [0.2, 0.25) is 0 Å². The van der Waals surface area contributed by atoms with Gasteiger partial charge in [-0.05, 0) is 68.7 Å². The zero-order chi connectivity index (χ0) is 12.4. The van der Waals surface area contributed by atoms with Crippen LogP contribution in [0.4, 0.5) is 0 Å². The minimum atomic E-state index is -0.424. The first-order chi connectivity index (χ1) is 8.08. The van der Waals surface area contributed by atoms with Crippen molar-refractivity contribution >= 4 is 49.9 Å². The molecule has 0 spiro atoms. The van der Waals surface area contributed by atoms with Gasteiger partial charge in [0.1, 0.15) is 0 Å². The first-order valence-electron chi connectivity index (χ1n) is 5.25. The molecule has 0 fully saturated rings. The highest BCUT2D eigenvalue weighted by Gasteiger charge is 2.13. The lowest BCUT2D eigenvalue weighted by Gasteiger charge is -2.13. The van der Waals surface area contributed by atoms with Crippen LogP contribution in [0.25, 0.3) is 0 Å². The molecule has 0 aliphatic carbocycles. The number of aliphatic hydroxyl groups excluding tert-OH is 1. The summed E-state index contributed by atoms with van der Waals surface area (Å²) in [4.78, 5) is 1.20. The molecule has 0 aliphatic rings. The van der Waals surface area contributed by atoms with Crippen LogP contribution in [-0.2, 0) is 6.42 Å². The molecule has 1 unspecified atom stereocenters. The van der Waals surface area contributed by atoms with Crippen molar-refractivity contribution in [3.63, 3.8) is 0 Å². The molecule has 1 heterocycles. The molecular formula is C13H12BrIOS. The summed E-state index contributed by atoms with van der Waals surface area (Å²) in [5.74, 6) is 0. The topological polar surface area (TPSA) is 20.2 Å². The molecule has 0 radical (unpaired) electrons. The quantitative estimate of drug-likeness (QED) is 0.710. The van der Waals surface area contributed by atoms with E-state index >= 15 is 0 Å². The largest absolute Gasteiger partial charge is 0.388 e. The van der Waals surface area contributed by atoms with Gasteiger partial charge in [-0.1, -0.05) is 18.2 Å². The lowest BCUT2D eigenvalue weighted by atomic mass is 10.0. The second-order valence-corrected chi connectivity index (χ2v) is 7.53. The van der Waals surface area contributed by atoms with E-state index in [2.05, 4.69) is 57.6 Å². The molecule has 0 saturated carbocycles. The summed E-state index contributed by atoms with van der Waals surface area (Å²) in [6, 6.07) is 10.1. The Kier molecular flexibility index (Phi) is 4.63. The van der Waals surface area contributed by atoms with Gasteiger partial charge in [-0.3, -0.25) is 0 Å². The van der Waals surface area contributed by atoms with Gasteiger partial charge < -0.3 is 5.11 Å². The maximum absolute atomic E-state index is 10.3. The summed E-state index contributed by atoms with van der Waals surface area (Å²) in [6.45, 7) is 2.07. The van der Waals surface area contributed by atoms with Crippen molar-refractivity contribution in [1.29, 1.82) is 0 Å². The Morgan fingerprint density at radius 3 is 2.76 bits per heavy atom. The third-order valence-corrected chi connectivity index (χ3v) is 5.72. The lowest BCUT2D eigenvalue weighted by Crippen LogP contribution is -2.03. The zero-order valence-corrected chi connectivity index (χ0v) is 13.8. The molecule has 90 valence electrons. The Hall–Kier alpha value is 0.0900. The second kappa shape index (κ2) is 5.82. The normalized spacial score (nSPS) is 12.7. The lowest BCUT2D eigenvalue weighted by molar-refractivity contribution is 0.178. The van der Waals surface area contributed by atoms with Gasteiger partial charge in [-0.15, -0.1) is 11.3 Å². The van der Waals surface area contributed by atoms with Gasteiger partial charge in [-0.25, -0.2) is 0 Å². The van der Waals surface area contributed by atoms with Crippen LogP contribution in [0.5, 0.6) is 0 Å². The predicted molar refractivity (Wildman–Crippen MR) is 84.6 cm³/mol. The highest BCUT2D eigenvalue weighted by atomic mass is 127. The average Bonchev–Trinajstić information content (AvgIpc) is 2.68. The van der Waals surface area contributed by atoms with Gasteiger partial charge in [0.15, 0.2) is 0 Å². The number of aryl methyl sites for hydroxylation is 1. The van der Waals surface area contributed by atoms with Crippen LogP contribution < -0.4 is 0 Å². The number of hydrogen-bond acceptors (Lipinski definition) is 2. The number of benzene rings is 1. The van der Waals surface area contributed by atoms with Crippen molar-refractivity contribution in [2.24, 2.45) is 0 Å². The van der Waals surface area contributed by atoms with Gasteiger partial charge in [0.05, 0.1) is 9.89 Å². The first kappa shape index (κ1) is 13.5. The molecule has 2 rings (SSSR count). The van der Waals surface area contributed by atoms with Crippen LogP contribution in [0.1, 0.15) is 22.1 Å². The Balaban J connectivity index is 2.20. The summed E-state index contributed by atoms with van der Waals surface area (Å²) in [5.41, 5.74) is 2.24. The van der Waals surface area contributed by atoms with E-state index in [9.17, 15) is 5.11 Å². The Morgan fingerprint density at radius 2 is 2.12 bits per heavy atom.